The SMILES string of the molecule is CC1(O)CCN(c2ncccn2)C1. The van der Waals surface area contributed by atoms with Crippen LogP contribution in [0.5, 0.6) is 0 Å². The minimum Gasteiger partial charge on any atom is -0.388 e. The minimum atomic E-state index is -0.584. The standard InChI is InChI=1S/C9H13N3O/c1-9(13)3-6-12(7-9)8-10-4-2-5-11-8/h2,4-5,13H,3,6-7H2,1H3. The van der Waals surface area contributed by atoms with E-state index in [1.807, 2.05) is 11.8 Å². The number of nitrogens with zero attached hydrogens (tertiary/aromatic N) is 3. The van der Waals surface area contributed by atoms with Crippen LogP contribution in [0.3, 0.4) is 0 Å². The van der Waals surface area contributed by atoms with Crippen LogP contribution >= 0.6 is 0 Å². The normalized spacial score (nSPS) is 28.0. The van der Waals surface area contributed by atoms with E-state index in [4.69, 9.17) is 0 Å². The Kier molecular flexibility index (Phi) is 1.92. The summed E-state index contributed by atoms with van der Waals surface area (Å²) in [4.78, 5) is 10.3. The van der Waals surface area contributed by atoms with Crippen molar-refractivity contribution >= 4 is 5.95 Å². The van der Waals surface area contributed by atoms with Crippen LogP contribution in [0.4, 0.5) is 5.95 Å². The van der Waals surface area contributed by atoms with Crippen LogP contribution in [-0.4, -0.2) is 33.8 Å². The molecular formula is C9H13N3O. The van der Waals surface area contributed by atoms with E-state index in [-0.39, 0.29) is 0 Å². The van der Waals surface area contributed by atoms with Gasteiger partial charge in [0.2, 0.25) is 5.95 Å². The number of aliphatic hydroxyl groups is 1. The van der Waals surface area contributed by atoms with Crippen LogP contribution < -0.4 is 4.90 Å². The van der Waals surface area contributed by atoms with Crippen molar-refractivity contribution in [3.63, 3.8) is 0 Å². The van der Waals surface area contributed by atoms with Crippen LogP contribution in [0.15, 0.2) is 18.5 Å². The maximum atomic E-state index is 9.73. The lowest BCUT2D eigenvalue weighted by atomic mass is 10.1. The van der Waals surface area contributed by atoms with Crippen LogP contribution in [0.1, 0.15) is 13.3 Å². The van der Waals surface area contributed by atoms with Gasteiger partial charge >= 0.3 is 0 Å². The van der Waals surface area contributed by atoms with E-state index in [1.165, 1.54) is 0 Å². The highest BCUT2D eigenvalue weighted by molar-refractivity contribution is 5.31. The second kappa shape index (κ2) is 2.96. The third-order valence-electron chi connectivity index (χ3n) is 2.29. The van der Waals surface area contributed by atoms with Crippen molar-refractivity contribution in [1.29, 1.82) is 0 Å². The largest absolute Gasteiger partial charge is 0.388 e. The zero-order valence-electron chi connectivity index (χ0n) is 7.64. The molecule has 0 aromatic carbocycles. The second-order valence-corrected chi connectivity index (χ2v) is 3.72. The zero-order chi connectivity index (χ0) is 9.31. The van der Waals surface area contributed by atoms with Crippen LogP contribution in [0, 0.1) is 0 Å². The van der Waals surface area contributed by atoms with Gasteiger partial charge in [-0.15, -0.1) is 0 Å². The van der Waals surface area contributed by atoms with E-state index < -0.39 is 5.60 Å². The van der Waals surface area contributed by atoms with Gasteiger partial charge in [0.25, 0.3) is 0 Å². The molecule has 70 valence electrons. The first-order valence-electron chi connectivity index (χ1n) is 4.42. The third-order valence-corrected chi connectivity index (χ3v) is 2.29. The van der Waals surface area contributed by atoms with Crippen molar-refractivity contribution in [3.8, 4) is 0 Å². The molecule has 1 N–H and O–H groups in total. The molecule has 1 aromatic rings. The molecule has 0 aliphatic carbocycles. The second-order valence-electron chi connectivity index (χ2n) is 3.72. The molecule has 0 amide bonds. The number of anilines is 1. The number of aromatic nitrogens is 2. The van der Waals surface area contributed by atoms with Crippen molar-refractivity contribution in [1.82, 2.24) is 9.97 Å². The van der Waals surface area contributed by atoms with Gasteiger partial charge in [-0.05, 0) is 19.4 Å². The van der Waals surface area contributed by atoms with Gasteiger partial charge in [-0.2, -0.15) is 0 Å². The summed E-state index contributed by atoms with van der Waals surface area (Å²) >= 11 is 0. The first-order valence-corrected chi connectivity index (χ1v) is 4.42. The van der Waals surface area contributed by atoms with Gasteiger partial charge in [0.15, 0.2) is 0 Å². The summed E-state index contributed by atoms with van der Waals surface area (Å²) in [5, 5.41) is 9.73. The molecule has 1 aliphatic heterocycles. The van der Waals surface area contributed by atoms with Crippen LogP contribution in [-0.2, 0) is 0 Å². The summed E-state index contributed by atoms with van der Waals surface area (Å²) in [6.07, 6.45) is 4.22. The lowest BCUT2D eigenvalue weighted by Gasteiger charge is -2.18. The average Bonchev–Trinajstić information content (AvgIpc) is 2.48. The fraction of sp³-hybridized carbons (Fsp3) is 0.556. The monoisotopic (exact) mass is 179 g/mol. The van der Waals surface area contributed by atoms with Gasteiger partial charge in [-0.1, -0.05) is 0 Å². The fourth-order valence-corrected chi connectivity index (χ4v) is 1.57. The topological polar surface area (TPSA) is 49.2 Å². The Morgan fingerprint density at radius 2 is 2.15 bits per heavy atom. The summed E-state index contributed by atoms with van der Waals surface area (Å²) in [7, 11) is 0. The minimum absolute atomic E-state index is 0.584. The van der Waals surface area contributed by atoms with Gasteiger partial charge < -0.3 is 10.0 Å². The van der Waals surface area contributed by atoms with E-state index in [2.05, 4.69) is 9.97 Å². The molecule has 1 aromatic heterocycles. The average molecular weight is 179 g/mol. The number of hydrogen-bond acceptors (Lipinski definition) is 4. The van der Waals surface area contributed by atoms with E-state index in [9.17, 15) is 5.11 Å². The molecule has 2 heterocycles. The molecule has 1 aliphatic rings. The highest BCUT2D eigenvalue weighted by atomic mass is 16.3. The predicted molar refractivity (Wildman–Crippen MR) is 49.5 cm³/mol. The van der Waals surface area contributed by atoms with E-state index in [0.717, 1.165) is 13.0 Å². The first kappa shape index (κ1) is 8.44. The van der Waals surface area contributed by atoms with Crippen molar-refractivity contribution < 1.29 is 5.11 Å². The molecule has 0 spiro atoms. The van der Waals surface area contributed by atoms with Crippen molar-refractivity contribution in [2.24, 2.45) is 0 Å². The number of rotatable bonds is 1. The van der Waals surface area contributed by atoms with E-state index >= 15 is 0 Å². The summed E-state index contributed by atoms with van der Waals surface area (Å²) in [6.45, 7) is 3.30. The molecule has 1 atom stereocenters. The Balaban J connectivity index is 2.13. The summed E-state index contributed by atoms with van der Waals surface area (Å²) in [6, 6.07) is 1.79. The molecule has 0 radical (unpaired) electrons. The Morgan fingerprint density at radius 1 is 1.46 bits per heavy atom. The molecular weight excluding hydrogens is 166 g/mol. The number of β-amino-alcohol motifs (C(OH)–C–C–N with tert-alkyl or cyclic N) is 1. The zero-order valence-corrected chi connectivity index (χ0v) is 7.64. The van der Waals surface area contributed by atoms with Crippen LogP contribution in [0.2, 0.25) is 0 Å². The van der Waals surface area contributed by atoms with E-state index in [0.29, 0.717) is 12.5 Å². The number of hydrogen-bond donors (Lipinski definition) is 1. The quantitative estimate of drug-likeness (QED) is 0.679. The Labute approximate surface area is 77.2 Å². The van der Waals surface area contributed by atoms with Gasteiger partial charge in [-0.3, -0.25) is 0 Å². The molecule has 1 unspecified atom stereocenters. The predicted octanol–water partition coefficient (Wildman–Crippen LogP) is 0.438. The Morgan fingerprint density at radius 3 is 2.69 bits per heavy atom. The third kappa shape index (κ3) is 1.78. The first-order chi connectivity index (χ1) is 6.17. The molecule has 0 bridgehead atoms. The summed E-state index contributed by atoms with van der Waals surface area (Å²) < 4.78 is 0. The van der Waals surface area contributed by atoms with Gasteiger partial charge in [-0.25, -0.2) is 9.97 Å². The fourth-order valence-electron chi connectivity index (χ4n) is 1.57. The Bertz CT molecular complexity index is 286. The molecule has 2 rings (SSSR count). The molecule has 1 fully saturated rings. The summed E-state index contributed by atoms with van der Waals surface area (Å²) in [5.74, 6) is 0.709. The maximum absolute atomic E-state index is 9.73. The van der Waals surface area contributed by atoms with Crippen molar-refractivity contribution in [2.75, 3.05) is 18.0 Å². The van der Waals surface area contributed by atoms with E-state index in [1.54, 1.807) is 18.5 Å². The van der Waals surface area contributed by atoms with Crippen LogP contribution in [0.25, 0.3) is 0 Å². The summed E-state index contributed by atoms with van der Waals surface area (Å²) in [5.41, 5.74) is -0.584. The molecule has 13 heavy (non-hydrogen) atoms. The van der Waals surface area contributed by atoms with Crippen molar-refractivity contribution in [3.05, 3.63) is 18.5 Å². The molecule has 1 saturated heterocycles. The molecule has 4 heteroatoms. The maximum Gasteiger partial charge on any atom is 0.225 e. The highest BCUT2D eigenvalue weighted by Gasteiger charge is 2.32. The Hall–Kier alpha value is -1.16. The molecule has 0 saturated carbocycles. The lowest BCUT2D eigenvalue weighted by molar-refractivity contribution is 0.0838. The smallest absolute Gasteiger partial charge is 0.225 e. The molecule has 4 nitrogen and oxygen atoms in total. The van der Waals surface area contributed by atoms with Gasteiger partial charge in [0.05, 0.1) is 5.60 Å². The lowest BCUT2D eigenvalue weighted by Crippen LogP contribution is -2.30. The van der Waals surface area contributed by atoms with Gasteiger partial charge in [0.1, 0.15) is 0 Å². The van der Waals surface area contributed by atoms with Gasteiger partial charge in [0, 0.05) is 25.5 Å². The van der Waals surface area contributed by atoms with Crippen molar-refractivity contribution in [2.45, 2.75) is 18.9 Å². The highest BCUT2D eigenvalue weighted by Crippen LogP contribution is 2.22.